The highest BCUT2D eigenvalue weighted by atomic mass is 35.5. The SMILES string of the molecule is CC(C)OCCCNCCS(=O)(=O)c1ccc(Cl)cc1. The number of ether oxygens (including phenoxy) is 1. The summed E-state index contributed by atoms with van der Waals surface area (Å²) in [6.45, 7) is 5.86. The second kappa shape index (κ2) is 8.62. The monoisotopic (exact) mass is 319 g/mol. The van der Waals surface area contributed by atoms with Crippen molar-refractivity contribution >= 4 is 21.4 Å². The summed E-state index contributed by atoms with van der Waals surface area (Å²) in [5.41, 5.74) is 0. The van der Waals surface area contributed by atoms with Crippen molar-refractivity contribution in [2.75, 3.05) is 25.4 Å². The van der Waals surface area contributed by atoms with Crippen molar-refractivity contribution in [3.63, 3.8) is 0 Å². The first kappa shape index (κ1) is 17.4. The Labute approximate surface area is 126 Å². The Morgan fingerprint density at radius 3 is 2.45 bits per heavy atom. The number of hydrogen-bond acceptors (Lipinski definition) is 4. The quantitative estimate of drug-likeness (QED) is 0.711. The lowest BCUT2D eigenvalue weighted by molar-refractivity contribution is 0.0772. The van der Waals surface area contributed by atoms with Crippen LogP contribution >= 0.6 is 11.6 Å². The predicted octanol–water partition coefficient (Wildman–Crippen LogP) is 2.52. The standard InChI is InChI=1S/C14H22ClNO3S/c1-12(2)19-10-3-8-16-9-11-20(17,18)14-6-4-13(15)5-7-14/h4-7,12,16H,3,8-11H2,1-2H3. The van der Waals surface area contributed by atoms with Gasteiger partial charge in [-0.1, -0.05) is 11.6 Å². The Morgan fingerprint density at radius 1 is 1.20 bits per heavy atom. The van der Waals surface area contributed by atoms with E-state index in [0.29, 0.717) is 23.1 Å². The first-order chi connectivity index (χ1) is 9.42. The Morgan fingerprint density at radius 2 is 1.85 bits per heavy atom. The van der Waals surface area contributed by atoms with E-state index in [9.17, 15) is 8.42 Å². The molecule has 20 heavy (non-hydrogen) atoms. The maximum Gasteiger partial charge on any atom is 0.179 e. The molecule has 0 saturated heterocycles. The second-order valence-electron chi connectivity index (χ2n) is 4.80. The Hall–Kier alpha value is -0.620. The van der Waals surface area contributed by atoms with E-state index >= 15 is 0 Å². The molecule has 0 fully saturated rings. The fourth-order valence-electron chi connectivity index (χ4n) is 1.61. The van der Waals surface area contributed by atoms with Crippen molar-refractivity contribution in [1.82, 2.24) is 5.32 Å². The van der Waals surface area contributed by atoms with Crippen LogP contribution in [0.1, 0.15) is 20.3 Å². The van der Waals surface area contributed by atoms with E-state index in [1.165, 1.54) is 12.1 Å². The van der Waals surface area contributed by atoms with Gasteiger partial charge in [0.2, 0.25) is 0 Å². The Balaban J connectivity index is 2.25. The van der Waals surface area contributed by atoms with Crippen LogP contribution in [0, 0.1) is 0 Å². The number of sulfone groups is 1. The van der Waals surface area contributed by atoms with Crippen molar-refractivity contribution < 1.29 is 13.2 Å². The largest absolute Gasteiger partial charge is 0.379 e. The van der Waals surface area contributed by atoms with Crippen LogP contribution in [0.4, 0.5) is 0 Å². The highest BCUT2D eigenvalue weighted by Crippen LogP contribution is 2.14. The average Bonchev–Trinajstić information content (AvgIpc) is 2.37. The van der Waals surface area contributed by atoms with Gasteiger partial charge in [0.25, 0.3) is 0 Å². The van der Waals surface area contributed by atoms with Gasteiger partial charge in [-0.3, -0.25) is 0 Å². The molecule has 1 aromatic rings. The zero-order chi connectivity index (χ0) is 15.0. The summed E-state index contributed by atoms with van der Waals surface area (Å²) in [4.78, 5) is 0.312. The number of rotatable bonds is 9. The summed E-state index contributed by atoms with van der Waals surface area (Å²) < 4.78 is 29.4. The van der Waals surface area contributed by atoms with Crippen molar-refractivity contribution in [2.45, 2.75) is 31.3 Å². The molecule has 0 aliphatic rings. The molecule has 0 saturated carbocycles. The van der Waals surface area contributed by atoms with Crippen molar-refractivity contribution in [1.29, 1.82) is 0 Å². The third kappa shape index (κ3) is 6.70. The minimum absolute atomic E-state index is 0.0830. The highest BCUT2D eigenvalue weighted by molar-refractivity contribution is 7.91. The molecule has 0 unspecified atom stereocenters. The molecule has 0 bridgehead atoms. The van der Waals surface area contributed by atoms with Gasteiger partial charge in [0.1, 0.15) is 0 Å². The summed E-state index contributed by atoms with van der Waals surface area (Å²) in [5.74, 6) is 0.0830. The summed E-state index contributed by atoms with van der Waals surface area (Å²) >= 11 is 5.74. The molecule has 0 aromatic heterocycles. The summed E-state index contributed by atoms with van der Waals surface area (Å²) in [7, 11) is -3.24. The van der Waals surface area contributed by atoms with Crippen LogP contribution in [-0.2, 0) is 14.6 Å². The molecule has 0 aliphatic carbocycles. The molecular formula is C14H22ClNO3S. The van der Waals surface area contributed by atoms with E-state index < -0.39 is 9.84 Å². The molecule has 1 aromatic carbocycles. The summed E-state index contributed by atoms with van der Waals surface area (Å²) in [6, 6.07) is 6.25. The van der Waals surface area contributed by atoms with Crippen LogP contribution in [0.3, 0.4) is 0 Å². The van der Waals surface area contributed by atoms with Crippen LogP contribution in [0.5, 0.6) is 0 Å². The Bertz CT molecular complexity index is 486. The topological polar surface area (TPSA) is 55.4 Å². The van der Waals surface area contributed by atoms with Gasteiger partial charge in [0, 0.05) is 18.2 Å². The third-order valence-electron chi connectivity index (χ3n) is 2.67. The molecular weight excluding hydrogens is 298 g/mol. The van der Waals surface area contributed by atoms with E-state index in [0.717, 1.165) is 13.0 Å². The lowest BCUT2D eigenvalue weighted by atomic mass is 10.4. The van der Waals surface area contributed by atoms with Gasteiger partial charge in [-0.2, -0.15) is 0 Å². The number of benzene rings is 1. The first-order valence-corrected chi connectivity index (χ1v) is 8.75. The van der Waals surface area contributed by atoms with Crippen LogP contribution in [0.2, 0.25) is 5.02 Å². The fraction of sp³-hybridized carbons (Fsp3) is 0.571. The van der Waals surface area contributed by atoms with Crippen LogP contribution < -0.4 is 5.32 Å². The first-order valence-electron chi connectivity index (χ1n) is 6.72. The van der Waals surface area contributed by atoms with Gasteiger partial charge in [-0.05, 0) is 51.1 Å². The minimum Gasteiger partial charge on any atom is -0.379 e. The lowest BCUT2D eigenvalue weighted by Crippen LogP contribution is -2.25. The van der Waals surface area contributed by atoms with E-state index in [1.807, 2.05) is 13.8 Å². The normalized spacial score (nSPS) is 12.0. The molecule has 0 atom stereocenters. The van der Waals surface area contributed by atoms with Crippen molar-refractivity contribution in [2.24, 2.45) is 0 Å². The maximum atomic E-state index is 12.0. The maximum absolute atomic E-state index is 12.0. The van der Waals surface area contributed by atoms with Gasteiger partial charge < -0.3 is 10.1 Å². The Kier molecular flexibility index (Phi) is 7.51. The molecule has 1 rings (SSSR count). The van der Waals surface area contributed by atoms with E-state index in [4.69, 9.17) is 16.3 Å². The molecule has 4 nitrogen and oxygen atoms in total. The van der Waals surface area contributed by atoms with E-state index in [2.05, 4.69) is 5.32 Å². The van der Waals surface area contributed by atoms with Crippen molar-refractivity contribution in [3.8, 4) is 0 Å². The van der Waals surface area contributed by atoms with E-state index in [1.54, 1.807) is 12.1 Å². The highest BCUT2D eigenvalue weighted by Gasteiger charge is 2.13. The smallest absolute Gasteiger partial charge is 0.179 e. The fourth-order valence-corrected chi connectivity index (χ4v) is 2.93. The van der Waals surface area contributed by atoms with Crippen molar-refractivity contribution in [3.05, 3.63) is 29.3 Å². The lowest BCUT2D eigenvalue weighted by Gasteiger charge is -2.08. The zero-order valence-electron chi connectivity index (χ0n) is 11.9. The molecule has 0 heterocycles. The molecule has 0 amide bonds. The zero-order valence-corrected chi connectivity index (χ0v) is 13.5. The van der Waals surface area contributed by atoms with Crippen LogP contribution in [0.25, 0.3) is 0 Å². The number of halogens is 1. The van der Waals surface area contributed by atoms with Gasteiger partial charge in [0.15, 0.2) is 9.84 Å². The molecule has 114 valence electrons. The van der Waals surface area contributed by atoms with Crippen LogP contribution in [0.15, 0.2) is 29.2 Å². The van der Waals surface area contributed by atoms with Gasteiger partial charge in [0.05, 0.1) is 16.8 Å². The molecule has 6 heteroatoms. The van der Waals surface area contributed by atoms with Gasteiger partial charge in [-0.15, -0.1) is 0 Å². The molecule has 1 N–H and O–H groups in total. The average molecular weight is 320 g/mol. The summed E-state index contributed by atoms with van der Waals surface area (Å²) in [6.07, 6.45) is 1.11. The van der Waals surface area contributed by atoms with Gasteiger partial charge in [-0.25, -0.2) is 8.42 Å². The number of hydrogen-bond donors (Lipinski definition) is 1. The van der Waals surface area contributed by atoms with Crippen LogP contribution in [-0.4, -0.2) is 40.0 Å². The molecule has 0 radical (unpaired) electrons. The molecule has 0 spiro atoms. The second-order valence-corrected chi connectivity index (χ2v) is 7.34. The summed E-state index contributed by atoms with van der Waals surface area (Å²) in [5, 5.41) is 3.65. The number of nitrogens with one attached hydrogen (secondary N) is 1. The predicted molar refractivity (Wildman–Crippen MR) is 82.1 cm³/mol. The van der Waals surface area contributed by atoms with E-state index in [-0.39, 0.29) is 11.9 Å². The van der Waals surface area contributed by atoms with Gasteiger partial charge >= 0.3 is 0 Å². The minimum atomic E-state index is -3.24. The molecule has 0 aliphatic heterocycles. The third-order valence-corrected chi connectivity index (χ3v) is 4.65.